The predicted octanol–water partition coefficient (Wildman–Crippen LogP) is 1.88. The summed E-state index contributed by atoms with van der Waals surface area (Å²) < 4.78 is 1.61. The van der Waals surface area contributed by atoms with E-state index < -0.39 is 5.97 Å². The molecule has 0 aliphatic rings. The molecule has 17 heavy (non-hydrogen) atoms. The third-order valence-electron chi connectivity index (χ3n) is 2.78. The van der Waals surface area contributed by atoms with Crippen LogP contribution in [0.5, 0.6) is 0 Å². The van der Waals surface area contributed by atoms with Gasteiger partial charge in [0, 0.05) is 19.3 Å². The highest BCUT2D eigenvalue weighted by atomic mass is 16.4. The lowest BCUT2D eigenvalue weighted by molar-refractivity contribution is 0.0690. The van der Waals surface area contributed by atoms with E-state index in [0.717, 1.165) is 13.1 Å². The van der Waals surface area contributed by atoms with E-state index >= 15 is 0 Å². The van der Waals surface area contributed by atoms with Crippen LogP contribution in [-0.2, 0) is 0 Å². The second kappa shape index (κ2) is 4.45. The van der Waals surface area contributed by atoms with Crippen LogP contribution in [0.2, 0.25) is 0 Å². The Bertz CT molecular complexity index is 544. The molecule has 5 heteroatoms. The summed E-state index contributed by atoms with van der Waals surface area (Å²) in [6.45, 7) is 5.44. The molecule has 0 bridgehead atoms. The number of aromatic carboxylic acids is 1. The molecule has 0 spiro atoms. The van der Waals surface area contributed by atoms with Gasteiger partial charge in [-0.15, -0.1) is 0 Å². The fourth-order valence-electron chi connectivity index (χ4n) is 1.93. The number of carboxylic acids is 1. The molecule has 0 saturated heterocycles. The van der Waals surface area contributed by atoms with Gasteiger partial charge in [-0.3, -0.25) is 4.40 Å². The molecule has 0 saturated carbocycles. The van der Waals surface area contributed by atoms with Gasteiger partial charge in [0.05, 0.1) is 0 Å². The van der Waals surface area contributed by atoms with Crippen molar-refractivity contribution < 1.29 is 9.90 Å². The molecule has 0 fully saturated rings. The van der Waals surface area contributed by atoms with E-state index in [1.165, 1.54) is 0 Å². The average Bonchev–Trinajstić information content (AvgIpc) is 2.69. The van der Waals surface area contributed by atoms with Crippen molar-refractivity contribution in [3.63, 3.8) is 0 Å². The first kappa shape index (κ1) is 11.4. The topological polar surface area (TPSA) is 57.8 Å². The molecule has 2 aromatic heterocycles. The molecule has 5 nitrogen and oxygen atoms in total. The smallest absolute Gasteiger partial charge is 0.356 e. The van der Waals surface area contributed by atoms with E-state index in [0.29, 0.717) is 11.5 Å². The van der Waals surface area contributed by atoms with Crippen LogP contribution in [0.1, 0.15) is 24.3 Å². The Morgan fingerprint density at radius 1 is 1.41 bits per heavy atom. The van der Waals surface area contributed by atoms with Gasteiger partial charge in [-0.25, -0.2) is 9.78 Å². The van der Waals surface area contributed by atoms with Crippen LogP contribution in [0.25, 0.3) is 5.65 Å². The summed E-state index contributed by atoms with van der Waals surface area (Å²) >= 11 is 0. The van der Waals surface area contributed by atoms with Gasteiger partial charge in [0.25, 0.3) is 0 Å². The lowest BCUT2D eigenvalue weighted by Crippen LogP contribution is -2.24. The highest BCUT2D eigenvalue weighted by Gasteiger charge is 2.21. The number of carbonyl (C=O) groups is 1. The standard InChI is InChI=1S/C12H15N3O2/c1-3-14(4-2)11-10(12(16)17)15-8-6-5-7-9(15)13-11/h5-8H,3-4H2,1-2H3,(H,16,17). The summed E-state index contributed by atoms with van der Waals surface area (Å²) in [6, 6.07) is 5.45. The van der Waals surface area contributed by atoms with Gasteiger partial charge in [0.2, 0.25) is 0 Å². The van der Waals surface area contributed by atoms with E-state index in [1.807, 2.05) is 24.8 Å². The molecule has 0 radical (unpaired) electrons. The summed E-state index contributed by atoms with van der Waals surface area (Å²) in [5.41, 5.74) is 0.885. The summed E-state index contributed by atoms with van der Waals surface area (Å²) in [5, 5.41) is 9.30. The molecule has 1 N–H and O–H groups in total. The van der Waals surface area contributed by atoms with E-state index in [2.05, 4.69) is 4.98 Å². The van der Waals surface area contributed by atoms with E-state index in [4.69, 9.17) is 0 Å². The fraction of sp³-hybridized carbons (Fsp3) is 0.333. The minimum atomic E-state index is -0.953. The molecular formula is C12H15N3O2. The number of hydrogen-bond donors (Lipinski definition) is 1. The molecule has 2 aromatic rings. The quantitative estimate of drug-likeness (QED) is 0.876. The van der Waals surface area contributed by atoms with Crippen molar-refractivity contribution in [1.82, 2.24) is 9.38 Å². The van der Waals surface area contributed by atoms with Crippen LogP contribution in [0.3, 0.4) is 0 Å². The molecule has 0 atom stereocenters. The van der Waals surface area contributed by atoms with Crippen molar-refractivity contribution in [3.05, 3.63) is 30.1 Å². The molecule has 0 aliphatic heterocycles. The van der Waals surface area contributed by atoms with E-state index in [1.54, 1.807) is 22.7 Å². The lowest BCUT2D eigenvalue weighted by Gasteiger charge is -2.18. The van der Waals surface area contributed by atoms with Crippen LogP contribution in [-0.4, -0.2) is 33.6 Å². The Kier molecular flexibility index (Phi) is 2.99. The summed E-state index contributed by atoms with van der Waals surface area (Å²) in [5.74, 6) is -0.417. The van der Waals surface area contributed by atoms with Gasteiger partial charge in [-0.1, -0.05) is 6.07 Å². The molecule has 0 aromatic carbocycles. The van der Waals surface area contributed by atoms with Crippen molar-refractivity contribution in [1.29, 1.82) is 0 Å². The monoisotopic (exact) mass is 233 g/mol. The van der Waals surface area contributed by atoms with E-state index in [9.17, 15) is 9.90 Å². The van der Waals surface area contributed by atoms with Gasteiger partial charge in [0.15, 0.2) is 11.5 Å². The summed E-state index contributed by atoms with van der Waals surface area (Å²) in [6.07, 6.45) is 1.72. The normalized spacial score (nSPS) is 10.7. The number of nitrogens with zero attached hydrogens (tertiary/aromatic N) is 3. The van der Waals surface area contributed by atoms with E-state index in [-0.39, 0.29) is 5.69 Å². The SMILES string of the molecule is CCN(CC)c1nc2ccccn2c1C(=O)O. The Morgan fingerprint density at radius 2 is 2.12 bits per heavy atom. The Morgan fingerprint density at radius 3 is 2.71 bits per heavy atom. The van der Waals surface area contributed by atoms with Gasteiger partial charge in [-0.2, -0.15) is 0 Å². The molecule has 90 valence electrons. The van der Waals surface area contributed by atoms with Crippen molar-refractivity contribution in [3.8, 4) is 0 Å². The van der Waals surface area contributed by atoms with Crippen LogP contribution in [0.4, 0.5) is 5.82 Å². The summed E-state index contributed by atoms with van der Waals surface area (Å²) in [7, 11) is 0. The van der Waals surface area contributed by atoms with Gasteiger partial charge in [-0.05, 0) is 26.0 Å². The van der Waals surface area contributed by atoms with Crippen molar-refractivity contribution in [2.24, 2.45) is 0 Å². The van der Waals surface area contributed by atoms with Gasteiger partial charge >= 0.3 is 5.97 Å². The molecule has 0 amide bonds. The second-order valence-corrected chi connectivity index (χ2v) is 3.69. The maximum absolute atomic E-state index is 11.3. The van der Waals surface area contributed by atoms with Gasteiger partial charge in [0.1, 0.15) is 5.65 Å². The first-order valence-electron chi connectivity index (χ1n) is 5.64. The van der Waals surface area contributed by atoms with Crippen LogP contribution in [0.15, 0.2) is 24.4 Å². The second-order valence-electron chi connectivity index (χ2n) is 3.69. The third-order valence-corrected chi connectivity index (χ3v) is 2.78. The number of imidazole rings is 1. The third kappa shape index (κ3) is 1.84. The number of pyridine rings is 1. The minimum absolute atomic E-state index is 0.226. The van der Waals surface area contributed by atoms with Crippen LogP contribution < -0.4 is 4.90 Å². The van der Waals surface area contributed by atoms with Crippen molar-refractivity contribution in [2.45, 2.75) is 13.8 Å². The summed E-state index contributed by atoms with van der Waals surface area (Å²) in [4.78, 5) is 17.7. The highest BCUT2D eigenvalue weighted by molar-refractivity contribution is 5.93. The van der Waals surface area contributed by atoms with Crippen LogP contribution in [0, 0.1) is 0 Å². The molecule has 0 unspecified atom stereocenters. The number of carboxylic acid groups (broad SMARTS) is 1. The Hall–Kier alpha value is -2.04. The zero-order valence-corrected chi connectivity index (χ0v) is 9.92. The molecule has 2 heterocycles. The van der Waals surface area contributed by atoms with Gasteiger partial charge < -0.3 is 10.0 Å². The number of fused-ring (bicyclic) bond motifs is 1. The molecule has 2 rings (SSSR count). The maximum Gasteiger partial charge on any atom is 0.356 e. The molecule has 0 aliphatic carbocycles. The van der Waals surface area contributed by atoms with Crippen LogP contribution >= 0.6 is 0 Å². The Balaban J connectivity index is 2.69. The minimum Gasteiger partial charge on any atom is -0.476 e. The zero-order valence-electron chi connectivity index (χ0n) is 9.92. The zero-order chi connectivity index (χ0) is 12.4. The maximum atomic E-state index is 11.3. The van der Waals surface area contributed by atoms with Crippen molar-refractivity contribution in [2.75, 3.05) is 18.0 Å². The first-order chi connectivity index (χ1) is 8.19. The fourth-order valence-corrected chi connectivity index (χ4v) is 1.93. The van der Waals surface area contributed by atoms with Crippen molar-refractivity contribution >= 4 is 17.4 Å². The predicted molar refractivity (Wildman–Crippen MR) is 65.7 cm³/mol. The number of anilines is 1. The highest BCUT2D eigenvalue weighted by Crippen LogP contribution is 2.21. The first-order valence-corrected chi connectivity index (χ1v) is 5.64. The number of aromatic nitrogens is 2. The largest absolute Gasteiger partial charge is 0.476 e. The average molecular weight is 233 g/mol. The number of hydrogen-bond acceptors (Lipinski definition) is 3. The Labute approximate surface area is 99.3 Å². The number of rotatable bonds is 4. The lowest BCUT2D eigenvalue weighted by atomic mass is 10.3. The molecular weight excluding hydrogens is 218 g/mol.